The lowest BCUT2D eigenvalue weighted by atomic mass is 10.2. The van der Waals surface area contributed by atoms with E-state index in [0.717, 1.165) is 0 Å². The van der Waals surface area contributed by atoms with Crippen LogP contribution in [0.4, 0.5) is 5.69 Å². The van der Waals surface area contributed by atoms with Crippen LogP contribution in [0.5, 0.6) is 0 Å². The number of benzene rings is 1. The number of anilines is 1. The summed E-state index contributed by atoms with van der Waals surface area (Å²) < 4.78 is 8.99. The number of esters is 2. The van der Waals surface area contributed by atoms with Gasteiger partial charge in [0.05, 0.1) is 19.8 Å². The fourth-order valence-electron chi connectivity index (χ4n) is 1.22. The van der Waals surface area contributed by atoms with Crippen LogP contribution < -0.4 is 5.32 Å². The van der Waals surface area contributed by atoms with Crippen LogP contribution >= 0.6 is 0 Å². The Balaban J connectivity index is 2.79. The van der Waals surface area contributed by atoms with Crippen LogP contribution in [-0.4, -0.2) is 26.2 Å². The maximum atomic E-state index is 11.2. The number of nitriles is 1. The molecule has 0 atom stereocenters. The van der Waals surface area contributed by atoms with E-state index in [1.54, 1.807) is 30.3 Å². The minimum atomic E-state index is -0.721. The van der Waals surface area contributed by atoms with Gasteiger partial charge >= 0.3 is 11.9 Å². The maximum absolute atomic E-state index is 11.2. The third-order valence-electron chi connectivity index (χ3n) is 2.21. The minimum absolute atomic E-state index is 0.153. The Morgan fingerprint density at radius 3 is 2.32 bits per heavy atom. The quantitative estimate of drug-likeness (QED) is 0.501. The molecule has 0 aliphatic rings. The van der Waals surface area contributed by atoms with E-state index < -0.39 is 11.9 Å². The summed E-state index contributed by atoms with van der Waals surface area (Å²) in [6.07, 6.45) is 1.24. The standard InChI is InChI=1S/C13H12N2O4/c1-18-12(16)9-3-5-11(6-4-9)15-8-10(7-14)13(17)19-2/h3-6,8,15H,1-2H3/b10-8+. The van der Waals surface area contributed by atoms with Crippen molar-refractivity contribution in [3.05, 3.63) is 41.6 Å². The fourth-order valence-corrected chi connectivity index (χ4v) is 1.22. The van der Waals surface area contributed by atoms with Crippen LogP contribution in [-0.2, 0) is 14.3 Å². The topological polar surface area (TPSA) is 88.4 Å². The van der Waals surface area contributed by atoms with Crippen molar-refractivity contribution in [3.8, 4) is 6.07 Å². The molecule has 0 saturated heterocycles. The average molecular weight is 260 g/mol. The summed E-state index contributed by atoms with van der Waals surface area (Å²) in [5.41, 5.74) is 0.870. The van der Waals surface area contributed by atoms with Gasteiger partial charge in [0.15, 0.2) is 5.57 Å². The highest BCUT2D eigenvalue weighted by atomic mass is 16.5. The molecule has 0 fully saturated rings. The summed E-state index contributed by atoms with van der Waals surface area (Å²) in [5.74, 6) is -1.16. The first kappa shape index (κ1) is 14.3. The number of nitrogens with zero attached hydrogens (tertiary/aromatic N) is 1. The number of methoxy groups -OCH3 is 2. The molecule has 0 saturated carbocycles. The summed E-state index contributed by atoms with van der Waals surface area (Å²) in [4.78, 5) is 22.3. The van der Waals surface area contributed by atoms with Gasteiger partial charge in [0.1, 0.15) is 6.07 Å². The first-order chi connectivity index (χ1) is 9.12. The molecule has 1 N–H and O–H groups in total. The van der Waals surface area contributed by atoms with Crippen molar-refractivity contribution in [2.45, 2.75) is 0 Å². The fraction of sp³-hybridized carbons (Fsp3) is 0.154. The van der Waals surface area contributed by atoms with E-state index in [1.165, 1.54) is 20.4 Å². The van der Waals surface area contributed by atoms with Gasteiger partial charge in [0.2, 0.25) is 0 Å². The zero-order valence-electron chi connectivity index (χ0n) is 10.5. The van der Waals surface area contributed by atoms with Crippen LogP contribution in [0.2, 0.25) is 0 Å². The van der Waals surface area contributed by atoms with Crippen molar-refractivity contribution in [1.82, 2.24) is 0 Å². The van der Waals surface area contributed by atoms with Crippen molar-refractivity contribution in [2.24, 2.45) is 0 Å². The second-order valence-corrected chi connectivity index (χ2v) is 3.37. The molecule has 98 valence electrons. The molecular weight excluding hydrogens is 248 g/mol. The van der Waals surface area contributed by atoms with Crippen molar-refractivity contribution in [1.29, 1.82) is 5.26 Å². The van der Waals surface area contributed by atoms with Crippen molar-refractivity contribution >= 4 is 17.6 Å². The Hall–Kier alpha value is -2.81. The van der Waals surface area contributed by atoms with Gasteiger partial charge in [0.25, 0.3) is 0 Å². The molecule has 6 heteroatoms. The van der Waals surface area contributed by atoms with Gasteiger partial charge in [0, 0.05) is 11.9 Å². The van der Waals surface area contributed by atoms with Gasteiger partial charge in [-0.1, -0.05) is 0 Å². The molecule has 0 aromatic heterocycles. The van der Waals surface area contributed by atoms with Gasteiger partial charge in [-0.05, 0) is 24.3 Å². The molecule has 0 unspecified atom stereocenters. The maximum Gasteiger partial charge on any atom is 0.350 e. The molecule has 6 nitrogen and oxygen atoms in total. The predicted octanol–water partition coefficient (Wildman–Crippen LogP) is 1.47. The van der Waals surface area contributed by atoms with Gasteiger partial charge in [-0.25, -0.2) is 9.59 Å². The molecule has 0 heterocycles. The van der Waals surface area contributed by atoms with E-state index >= 15 is 0 Å². The number of rotatable bonds is 4. The van der Waals surface area contributed by atoms with Crippen LogP contribution in [0, 0.1) is 11.3 Å². The van der Waals surface area contributed by atoms with Gasteiger partial charge in [-0.3, -0.25) is 0 Å². The number of hydrogen-bond donors (Lipinski definition) is 1. The lowest BCUT2D eigenvalue weighted by Gasteiger charge is -2.03. The number of carbonyl (C=O) groups excluding carboxylic acids is 2. The largest absolute Gasteiger partial charge is 0.465 e. The monoisotopic (exact) mass is 260 g/mol. The minimum Gasteiger partial charge on any atom is -0.465 e. The highest BCUT2D eigenvalue weighted by Gasteiger charge is 2.08. The Labute approximate surface area is 110 Å². The molecule has 0 spiro atoms. The Bertz CT molecular complexity index is 541. The summed E-state index contributed by atoms with van der Waals surface area (Å²) in [5, 5.41) is 11.5. The normalized spacial score (nSPS) is 10.3. The third-order valence-corrected chi connectivity index (χ3v) is 2.21. The van der Waals surface area contributed by atoms with Crippen molar-refractivity contribution in [3.63, 3.8) is 0 Å². The number of carbonyl (C=O) groups is 2. The van der Waals surface area contributed by atoms with Gasteiger partial charge < -0.3 is 14.8 Å². The summed E-state index contributed by atoms with van der Waals surface area (Å²) in [7, 11) is 2.49. The first-order valence-corrected chi connectivity index (χ1v) is 5.26. The molecular formula is C13H12N2O4. The molecule has 0 amide bonds. The van der Waals surface area contributed by atoms with Gasteiger partial charge in [-0.2, -0.15) is 5.26 Å². The molecule has 1 aromatic carbocycles. The van der Waals surface area contributed by atoms with E-state index in [2.05, 4.69) is 14.8 Å². The summed E-state index contributed by atoms with van der Waals surface area (Å²) in [6, 6.07) is 8.08. The lowest BCUT2D eigenvalue weighted by molar-refractivity contribution is -0.135. The van der Waals surface area contributed by atoms with Crippen LogP contribution in [0.1, 0.15) is 10.4 Å². The number of ether oxygens (including phenoxy) is 2. The predicted molar refractivity (Wildman–Crippen MR) is 67.1 cm³/mol. The van der Waals surface area contributed by atoms with E-state index in [-0.39, 0.29) is 5.57 Å². The molecule has 0 aliphatic heterocycles. The van der Waals surface area contributed by atoms with E-state index in [1.807, 2.05) is 0 Å². The van der Waals surface area contributed by atoms with Crippen molar-refractivity contribution < 1.29 is 19.1 Å². The lowest BCUT2D eigenvalue weighted by Crippen LogP contribution is -2.05. The molecule has 0 aliphatic carbocycles. The SMILES string of the molecule is COC(=O)/C(C#N)=C/Nc1ccc(C(=O)OC)cc1. The van der Waals surface area contributed by atoms with Crippen LogP contribution in [0.3, 0.4) is 0 Å². The Morgan fingerprint density at radius 1 is 1.21 bits per heavy atom. The van der Waals surface area contributed by atoms with E-state index in [9.17, 15) is 9.59 Å². The second-order valence-electron chi connectivity index (χ2n) is 3.37. The van der Waals surface area contributed by atoms with Crippen LogP contribution in [0.15, 0.2) is 36.0 Å². The molecule has 0 bridgehead atoms. The number of hydrogen-bond acceptors (Lipinski definition) is 6. The highest BCUT2D eigenvalue weighted by molar-refractivity contribution is 5.93. The zero-order chi connectivity index (χ0) is 14.3. The smallest absolute Gasteiger partial charge is 0.350 e. The van der Waals surface area contributed by atoms with Crippen molar-refractivity contribution in [2.75, 3.05) is 19.5 Å². The first-order valence-electron chi connectivity index (χ1n) is 5.26. The highest BCUT2D eigenvalue weighted by Crippen LogP contribution is 2.11. The molecule has 19 heavy (non-hydrogen) atoms. The summed E-state index contributed by atoms with van der Waals surface area (Å²) >= 11 is 0. The third kappa shape index (κ3) is 3.85. The summed E-state index contributed by atoms with van der Waals surface area (Å²) in [6.45, 7) is 0. The average Bonchev–Trinajstić information content (AvgIpc) is 2.47. The number of nitrogens with one attached hydrogen (secondary N) is 1. The molecule has 1 aromatic rings. The van der Waals surface area contributed by atoms with E-state index in [4.69, 9.17) is 5.26 Å². The Kier molecular flexibility index (Phi) is 5.11. The van der Waals surface area contributed by atoms with E-state index in [0.29, 0.717) is 11.3 Å². The van der Waals surface area contributed by atoms with Crippen LogP contribution in [0.25, 0.3) is 0 Å². The Morgan fingerprint density at radius 2 is 1.84 bits per heavy atom. The molecule has 1 rings (SSSR count). The van der Waals surface area contributed by atoms with Gasteiger partial charge in [-0.15, -0.1) is 0 Å². The second kappa shape index (κ2) is 6.81. The zero-order valence-corrected chi connectivity index (χ0v) is 10.5. The molecule has 0 radical (unpaired) electrons.